The van der Waals surface area contributed by atoms with E-state index in [0.717, 1.165) is 18.5 Å². The molecule has 0 N–H and O–H groups in total. The van der Waals surface area contributed by atoms with Gasteiger partial charge in [0, 0.05) is 42.0 Å². The molecular weight excluding hydrogens is 324 g/mol. The first-order valence-electron chi connectivity index (χ1n) is 6.59. The van der Waals surface area contributed by atoms with E-state index in [4.69, 9.17) is 0 Å². The van der Waals surface area contributed by atoms with Crippen molar-refractivity contribution < 1.29 is 9.72 Å². The Morgan fingerprint density at radius 3 is 2.50 bits per heavy atom. The molecule has 1 aromatic carbocycles. The van der Waals surface area contributed by atoms with Gasteiger partial charge >= 0.3 is 0 Å². The maximum atomic E-state index is 11.3. The number of hydrogen-bond donors (Lipinski definition) is 0. The van der Waals surface area contributed by atoms with E-state index in [1.54, 1.807) is 13.0 Å². The molecule has 20 heavy (non-hydrogen) atoms. The first kappa shape index (κ1) is 15.0. The predicted molar refractivity (Wildman–Crippen MR) is 81.2 cm³/mol. The smallest absolute Gasteiger partial charge is 0.273 e. The third-order valence-electron chi connectivity index (χ3n) is 3.90. The zero-order chi connectivity index (χ0) is 14.9. The molecule has 0 aromatic heterocycles. The number of aryl methyl sites for hydroxylation is 1. The van der Waals surface area contributed by atoms with Crippen LogP contribution in [-0.4, -0.2) is 23.8 Å². The van der Waals surface area contributed by atoms with Crippen molar-refractivity contribution >= 4 is 33.1 Å². The lowest BCUT2D eigenvalue weighted by Crippen LogP contribution is -2.35. The summed E-state index contributed by atoms with van der Waals surface area (Å²) in [4.78, 5) is 24.0. The number of benzene rings is 1. The minimum absolute atomic E-state index is 0.118. The van der Waals surface area contributed by atoms with Crippen molar-refractivity contribution in [1.29, 1.82) is 0 Å². The van der Waals surface area contributed by atoms with Gasteiger partial charge in [-0.1, -0.05) is 0 Å². The largest absolute Gasteiger partial charge is 0.371 e. The molecule has 108 valence electrons. The summed E-state index contributed by atoms with van der Waals surface area (Å²) >= 11 is 3.42. The Morgan fingerprint density at radius 2 is 1.95 bits per heavy atom. The van der Waals surface area contributed by atoms with Gasteiger partial charge in [0.25, 0.3) is 5.69 Å². The van der Waals surface area contributed by atoms with E-state index in [0.29, 0.717) is 34.7 Å². The van der Waals surface area contributed by atoms with Crippen molar-refractivity contribution in [3.05, 3.63) is 32.3 Å². The molecule has 0 bridgehead atoms. The first-order chi connectivity index (χ1) is 9.40. The maximum Gasteiger partial charge on any atom is 0.273 e. The number of carbonyl (C=O) groups excluding carboxylic acids is 1. The molecule has 0 heterocycles. The molecule has 0 saturated heterocycles. The van der Waals surface area contributed by atoms with Crippen LogP contribution in [0, 0.1) is 17.0 Å². The maximum absolute atomic E-state index is 11.3. The Morgan fingerprint density at radius 1 is 1.35 bits per heavy atom. The van der Waals surface area contributed by atoms with Crippen LogP contribution in [-0.2, 0) is 4.79 Å². The van der Waals surface area contributed by atoms with E-state index < -0.39 is 0 Å². The van der Waals surface area contributed by atoms with Crippen molar-refractivity contribution in [3.63, 3.8) is 0 Å². The number of rotatable bonds is 3. The number of hydrogen-bond acceptors (Lipinski definition) is 4. The number of Topliss-reactive ketones (excluding diaryl/α,β-unsaturated/α-hetero) is 1. The summed E-state index contributed by atoms with van der Waals surface area (Å²) in [7, 11) is 1.98. The summed E-state index contributed by atoms with van der Waals surface area (Å²) < 4.78 is 0.717. The molecule has 0 spiro atoms. The van der Waals surface area contributed by atoms with E-state index in [1.165, 1.54) is 0 Å². The van der Waals surface area contributed by atoms with Gasteiger partial charge in [-0.05, 0) is 41.8 Å². The van der Waals surface area contributed by atoms with Crippen LogP contribution in [0.25, 0.3) is 0 Å². The normalized spacial score (nSPS) is 16.2. The molecule has 0 unspecified atom stereocenters. The minimum atomic E-state index is -0.372. The van der Waals surface area contributed by atoms with Crippen LogP contribution in [0.5, 0.6) is 0 Å². The molecule has 0 atom stereocenters. The summed E-state index contributed by atoms with van der Waals surface area (Å²) in [6.45, 7) is 1.74. The second kappa shape index (κ2) is 5.91. The van der Waals surface area contributed by atoms with Crippen molar-refractivity contribution in [1.82, 2.24) is 0 Å². The molecule has 1 aromatic rings. The molecule has 0 radical (unpaired) electrons. The molecule has 1 saturated carbocycles. The van der Waals surface area contributed by atoms with Gasteiger partial charge in [0.05, 0.1) is 10.6 Å². The Bertz CT molecular complexity index is 550. The van der Waals surface area contributed by atoms with Gasteiger partial charge in [-0.2, -0.15) is 0 Å². The fourth-order valence-electron chi connectivity index (χ4n) is 2.63. The number of ketones is 1. The van der Waals surface area contributed by atoms with E-state index >= 15 is 0 Å². The van der Waals surface area contributed by atoms with Crippen molar-refractivity contribution in [3.8, 4) is 0 Å². The third kappa shape index (κ3) is 3.00. The SMILES string of the molecule is Cc1cc(N(C)C2CCC(=O)CC2)c(Br)cc1[N+](=O)[O-]. The van der Waals surface area contributed by atoms with Gasteiger partial charge in [0.1, 0.15) is 5.78 Å². The van der Waals surface area contributed by atoms with Gasteiger partial charge in [0.15, 0.2) is 0 Å². The Balaban J connectivity index is 2.26. The van der Waals surface area contributed by atoms with E-state index in [1.807, 2.05) is 13.1 Å². The number of carbonyl (C=O) groups is 1. The van der Waals surface area contributed by atoms with Crippen LogP contribution in [0.2, 0.25) is 0 Å². The van der Waals surface area contributed by atoms with Gasteiger partial charge in [-0.15, -0.1) is 0 Å². The lowest BCUT2D eigenvalue weighted by molar-refractivity contribution is -0.385. The number of nitro groups is 1. The fourth-order valence-corrected chi connectivity index (χ4v) is 3.24. The zero-order valence-corrected chi connectivity index (χ0v) is 13.1. The van der Waals surface area contributed by atoms with Gasteiger partial charge in [-0.25, -0.2) is 0 Å². The van der Waals surface area contributed by atoms with Crippen LogP contribution < -0.4 is 4.90 Å². The molecule has 1 aliphatic carbocycles. The highest BCUT2D eigenvalue weighted by atomic mass is 79.9. The summed E-state index contributed by atoms with van der Waals surface area (Å²) in [5.74, 6) is 0.327. The van der Waals surface area contributed by atoms with E-state index in [9.17, 15) is 14.9 Å². The first-order valence-corrected chi connectivity index (χ1v) is 7.38. The average Bonchev–Trinajstić information content (AvgIpc) is 2.40. The molecular formula is C14H17BrN2O3. The van der Waals surface area contributed by atoms with Gasteiger partial charge < -0.3 is 4.90 Å². The monoisotopic (exact) mass is 340 g/mol. The zero-order valence-electron chi connectivity index (χ0n) is 11.6. The van der Waals surface area contributed by atoms with Crippen LogP contribution in [0.4, 0.5) is 11.4 Å². The standard InChI is InChI=1S/C14H17BrN2O3/c1-9-7-14(12(15)8-13(9)17(19)20)16(2)10-3-5-11(18)6-4-10/h7-8,10H,3-6H2,1-2H3. The summed E-state index contributed by atoms with van der Waals surface area (Å²) in [5.41, 5.74) is 1.70. The number of anilines is 1. The second-order valence-electron chi connectivity index (χ2n) is 5.23. The molecule has 6 heteroatoms. The number of halogens is 1. The highest BCUT2D eigenvalue weighted by Crippen LogP contribution is 2.35. The quantitative estimate of drug-likeness (QED) is 0.622. The summed E-state index contributed by atoms with van der Waals surface area (Å²) in [6.07, 6.45) is 2.94. The van der Waals surface area contributed by atoms with Crippen LogP contribution in [0.1, 0.15) is 31.2 Å². The topological polar surface area (TPSA) is 63.5 Å². The second-order valence-corrected chi connectivity index (χ2v) is 6.08. The molecule has 5 nitrogen and oxygen atoms in total. The number of nitrogens with zero attached hydrogens (tertiary/aromatic N) is 2. The molecule has 0 amide bonds. The van der Waals surface area contributed by atoms with Gasteiger partial charge in [0.2, 0.25) is 0 Å². The van der Waals surface area contributed by atoms with Crippen molar-refractivity contribution in [2.45, 2.75) is 38.6 Å². The van der Waals surface area contributed by atoms with Crippen molar-refractivity contribution in [2.24, 2.45) is 0 Å². The summed E-state index contributed by atoms with van der Waals surface area (Å²) in [5, 5.41) is 10.9. The lowest BCUT2D eigenvalue weighted by atomic mass is 9.93. The molecule has 1 fully saturated rings. The summed E-state index contributed by atoms with van der Waals surface area (Å²) in [6, 6.07) is 3.69. The Labute approximate surface area is 126 Å². The van der Waals surface area contributed by atoms with E-state index in [2.05, 4.69) is 20.8 Å². The van der Waals surface area contributed by atoms with Crippen LogP contribution >= 0.6 is 15.9 Å². The van der Waals surface area contributed by atoms with Crippen LogP contribution in [0.15, 0.2) is 16.6 Å². The molecule has 1 aliphatic rings. The number of nitro benzene ring substituents is 1. The van der Waals surface area contributed by atoms with E-state index in [-0.39, 0.29) is 10.6 Å². The Hall–Kier alpha value is -1.43. The lowest BCUT2D eigenvalue weighted by Gasteiger charge is -2.33. The van der Waals surface area contributed by atoms with Crippen molar-refractivity contribution in [2.75, 3.05) is 11.9 Å². The highest BCUT2D eigenvalue weighted by molar-refractivity contribution is 9.10. The highest BCUT2D eigenvalue weighted by Gasteiger charge is 2.25. The third-order valence-corrected chi connectivity index (χ3v) is 4.54. The predicted octanol–water partition coefficient (Wildman–Crippen LogP) is 3.61. The minimum Gasteiger partial charge on any atom is -0.371 e. The Kier molecular flexibility index (Phi) is 4.42. The van der Waals surface area contributed by atoms with Gasteiger partial charge in [-0.3, -0.25) is 14.9 Å². The molecule has 0 aliphatic heterocycles. The average molecular weight is 341 g/mol. The molecule has 2 rings (SSSR count). The fraction of sp³-hybridized carbons (Fsp3) is 0.500. The van der Waals surface area contributed by atoms with Crippen LogP contribution in [0.3, 0.4) is 0 Å².